The molecule has 1 aromatic rings. The molecule has 17 heavy (non-hydrogen) atoms. The summed E-state index contributed by atoms with van der Waals surface area (Å²) in [6.07, 6.45) is 7.21. The Morgan fingerprint density at radius 1 is 1.35 bits per heavy atom. The van der Waals surface area contributed by atoms with Crippen molar-refractivity contribution in [2.45, 2.75) is 38.3 Å². The predicted octanol–water partition coefficient (Wildman–Crippen LogP) is 2.23. The van der Waals surface area contributed by atoms with Crippen LogP contribution in [0.2, 0.25) is 0 Å². The molecule has 0 atom stereocenters. The normalized spacial score (nSPS) is 19.3. The summed E-state index contributed by atoms with van der Waals surface area (Å²) in [4.78, 5) is 4.09. The quantitative estimate of drug-likeness (QED) is 0.839. The molecular formula is C14H17N3. The lowest BCUT2D eigenvalue weighted by atomic mass is 10.1. The second-order valence-corrected chi connectivity index (χ2v) is 5.20. The van der Waals surface area contributed by atoms with Crippen LogP contribution in [0.5, 0.6) is 0 Å². The Morgan fingerprint density at radius 3 is 2.65 bits per heavy atom. The fourth-order valence-electron chi connectivity index (χ4n) is 2.54. The van der Waals surface area contributed by atoms with E-state index in [1.807, 2.05) is 12.1 Å². The number of nitrogens with one attached hydrogen (secondary N) is 1. The lowest BCUT2D eigenvalue weighted by Crippen LogP contribution is -2.32. The molecule has 0 saturated heterocycles. The Hall–Kier alpha value is -1.40. The van der Waals surface area contributed by atoms with Crippen molar-refractivity contribution in [3.63, 3.8) is 0 Å². The molecule has 0 aliphatic heterocycles. The summed E-state index contributed by atoms with van der Waals surface area (Å²) in [5.74, 6) is 1.79. The highest BCUT2D eigenvalue weighted by Crippen LogP contribution is 2.44. The minimum Gasteiger partial charge on any atom is -0.309 e. The number of nitriles is 1. The van der Waals surface area contributed by atoms with Gasteiger partial charge in [0.1, 0.15) is 11.8 Å². The molecule has 2 saturated carbocycles. The SMILES string of the molecule is N#Cc1ncccc1CNC(C1CC1)C1CC1. The van der Waals surface area contributed by atoms with E-state index in [0.29, 0.717) is 11.7 Å². The van der Waals surface area contributed by atoms with E-state index in [1.54, 1.807) is 6.20 Å². The van der Waals surface area contributed by atoms with Crippen molar-refractivity contribution in [3.05, 3.63) is 29.6 Å². The van der Waals surface area contributed by atoms with Crippen LogP contribution in [0.4, 0.5) is 0 Å². The van der Waals surface area contributed by atoms with Crippen LogP contribution in [0.1, 0.15) is 36.9 Å². The average molecular weight is 227 g/mol. The van der Waals surface area contributed by atoms with Crippen LogP contribution >= 0.6 is 0 Å². The van der Waals surface area contributed by atoms with Crippen LogP contribution in [0.15, 0.2) is 18.3 Å². The highest BCUT2D eigenvalue weighted by molar-refractivity contribution is 5.30. The Morgan fingerprint density at radius 2 is 2.06 bits per heavy atom. The standard InChI is InChI=1S/C14H17N3/c15-8-13-12(2-1-7-16-13)9-17-14(10-3-4-10)11-5-6-11/h1-2,7,10-11,14,17H,3-6,9H2. The van der Waals surface area contributed by atoms with Gasteiger partial charge in [0.05, 0.1) is 0 Å². The van der Waals surface area contributed by atoms with E-state index in [4.69, 9.17) is 5.26 Å². The molecule has 1 aromatic heterocycles. The topological polar surface area (TPSA) is 48.7 Å². The summed E-state index contributed by atoms with van der Waals surface area (Å²) in [7, 11) is 0. The zero-order valence-electron chi connectivity index (χ0n) is 9.89. The second kappa shape index (κ2) is 4.46. The molecule has 0 aromatic carbocycles. The molecule has 0 unspecified atom stereocenters. The van der Waals surface area contributed by atoms with E-state index in [9.17, 15) is 0 Å². The lowest BCUT2D eigenvalue weighted by molar-refractivity contribution is 0.415. The van der Waals surface area contributed by atoms with Gasteiger partial charge in [-0.3, -0.25) is 0 Å². The number of aromatic nitrogens is 1. The summed E-state index contributed by atoms with van der Waals surface area (Å²) in [6.45, 7) is 0.786. The fourth-order valence-corrected chi connectivity index (χ4v) is 2.54. The van der Waals surface area contributed by atoms with E-state index in [2.05, 4.69) is 16.4 Å². The maximum atomic E-state index is 8.99. The van der Waals surface area contributed by atoms with Gasteiger partial charge in [0.2, 0.25) is 0 Å². The van der Waals surface area contributed by atoms with Crippen molar-refractivity contribution in [2.24, 2.45) is 11.8 Å². The molecule has 3 heteroatoms. The van der Waals surface area contributed by atoms with Gasteiger partial charge < -0.3 is 5.32 Å². The van der Waals surface area contributed by atoms with E-state index in [-0.39, 0.29) is 0 Å². The summed E-state index contributed by atoms with van der Waals surface area (Å²) in [5.41, 5.74) is 1.59. The van der Waals surface area contributed by atoms with Crippen LogP contribution in [0.25, 0.3) is 0 Å². The number of hydrogen-bond acceptors (Lipinski definition) is 3. The molecule has 0 spiro atoms. The van der Waals surface area contributed by atoms with Crippen molar-refractivity contribution in [1.82, 2.24) is 10.3 Å². The smallest absolute Gasteiger partial charge is 0.144 e. The number of hydrogen-bond donors (Lipinski definition) is 1. The number of pyridine rings is 1. The molecule has 3 rings (SSSR count). The third-order valence-corrected chi connectivity index (χ3v) is 3.79. The summed E-state index contributed by atoms with van der Waals surface area (Å²) >= 11 is 0. The van der Waals surface area contributed by atoms with Gasteiger partial charge in [0.15, 0.2) is 0 Å². The van der Waals surface area contributed by atoms with Crippen molar-refractivity contribution in [3.8, 4) is 6.07 Å². The first-order valence-electron chi connectivity index (χ1n) is 6.46. The maximum Gasteiger partial charge on any atom is 0.144 e. The minimum atomic E-state index is 0.561. The van der Waals surface area contributed by atoms with Gasteiger partial charge in [0.25, 0.3) is 0 Å². The zero-order valence-corrected chi connectivity index (χ0v) is 9.89. The highest BCUT2D eigenvalue weighted by Gasteiger charge is 2.40. The largest absolute Gasteiger partial charge is 0.309 e. The molecule has 0 amide bonds. The van der Waals surface area contributed by atoms with Crippen LogP contribution in [0, 0.1) is 23.2 Å². The Bertz CT molecular complexity index is 429. The lowest BCUT2D eigenvalue weighted by Gasteiger charge is -2.17. The van der Waals surface area contributed by atoms with Gasteiger partial charge in [-0.1, -0.05) is 6.07 Å². The zero-order chi connectivity index (χ0) is 11.7. The molecule has 0 bridgehead atoms. The van der Waals surface area contributed by atoms with Crippen molar-refractivity contribution in [1.29, 1.82) is 5.26 Å². The molecule has 2 aliphatic rings. The van der Waals surface area contributed by atoms with Gasteiger partial charge in [0, 0.05) is 24.3 Å². The monoisotopic (exact) mass is 227 g/mol. The number of nitrogens with zero attached hydrogens (tertiary/aromatic N) is 2. The first-order chi connectivity index (χ1) is 8.38. The highest BCUT2D eigenvalue weighted by atomic mass is 14.9. The van der Waals surface area contributed by atoms with Gasteiger partial charge >= 0.3 is 0 Å². The molecule has 0 radical (unpaired) electrons. The second-order valence-electron chi connectivity index (χ2n) is 5.20. The summed E-state index contributed by atoms with van der Waals surface area (Å²) in [6, 6.07) is 6.74. The molecule has 2 aliphatic carbocycles. The molecule has 3 nitrogen and oxygen atoms in total. The third kappa shape index (κ3) is 2.48. The van der Waals surface area contributed by atoms with Gasteiger partial charge in [-0.25, -0.2) is 4.98 Å². The predicted molar refractivity (Wildman–Crippen MR) is 65.0 cm³/mol. The molecular weight excluding hydrogens is 210 g/mol. The van der Waals surface area contributed by atoms with Crippen LogP contribution in [-0.4, -0.2) is 11.0 Å². The molecule has 1 N–H and O–H groups in total. The van der Waals surface area contributed by atoms with Crippen LogP contribution in [-0.2, 0) is 6.54 Å². The van der Waals surface area contributed by atoms with Crippen molar-refractivity contribution < 1.29 is 0 Å². The van der Waals surface area contributed by atoms with E-state index < -0.39 is 0 Å². The molecule has 1 heterocycles. The van der Waals surface area contributed by atoms with E-state index in [1.165, 1.54) is 25.7 Å². The Kier molecular flexibility index (Phi) is 2.82. The average Bonchev–Trinajstić information content (AvgIpc) is 3.23. The Balaban J connectivity index is 1.64. The van der Waals surface area contributed by atoms with E-state index in [0.717, 1.165) is 23.9 Å². The van der Waals surface area contributed by atoms with Gasteiger partial charge in [-0.2, -0.15) is 5.26 Å². The Labute approximate surface area is 102 Å². The van der Waals surface area contributed by atoms with E-state index >= 15 is 0 Å². The first-order valence-corrected chi connectivity index (χ1v) is 6.46. The van der Waals surface area contributed by atoms with Crippen LogP contribution < -0.4 is 5.32 Å². The summed E-state index contributed by atoms with van der Waals surface area (Å²) in [5, 5.41) is 12.6. The van der Waals surface area contributed by atoms with Gasteiger partial charge in [-0.05, 0) is 43.6 Å². The fraction of sp³-hybridized carbons (Fsp3) is 0.571. The maximum absolute atomic E-state index is 8.99. The van der Waals surface area contributed by atoms with Gasteiger partial charge in [-0.15, -0.1) is 0 Å². The summed E-state index contributed by atoms with van der Waals surface area (Å²) < 4.78 is 0. The molecule has 88 valence electrons. The third-order valence-electron chi connectivity index (χ3n) is 3.79. The minimum absolute atomic E-state index is 0.561. The first kappa shape index (κ1) is 10.7. The van der Waals surface area contributed by atoms with Crippen LogP contribution in [0.3, 0.4) is 0 Å². The van der Waals surface area contributed by atoms with Crippen molar-refractivity contribution in [2.75, 3.05) is 0 Å². The number of rotatable bonds is 5. The van der Waals surface area contributed by atoms with Crippen molar-refractivity contribution >= 4 is 0 Å². The molecule has 2 fully saturated rings.